The Bertz CT molecular complexity index is 164. The second kappa shape index (κ2) is 8.08. The molecule has 0 aliphatic rings. The largest absolute Gasteiger partial charge is 0.394 e. The molecular weight excluding hydrogens is 202 g/mol. The van der Waals surface area contributed by atoms with Crippen LogP contribution in [0.3, 0.4) is 0 Å². The van der Waals surface area contributed by atoms with Crippen LogP contribution >= 0.6 is 11.8 Å². The first-order chi connectivity index (χ1) is 6.60. The van der Waals surface area contributed by atoms with Gasteiger partial charge in [0.2, 0.25) is 5.91 Å². The number of rotatable bonds is 7. The standard InChI is InChI=1S/C9H19NO3S/c1-7(2)14-6-9(12)10-8(4-11)5-13-3/h7-8,11H,4-6H2,1-3H3,(H,10,12). The van der Waals surface area contributed by atoms with Gasteiger partial charge in [0.1, 0.15) is 0 Å². The fraction of sp³-hybridized carbons (Fsp3) is 0.889. The van der Waals surface area contributed by atoms with Crippen molar-refractivity contribution in [1.82, 2.24) is 5.32 Å². The minimum absolute atomic E-state index is 0.0557. The van der Waals surface area contributed by atoms with E-state index in [1.54, 1.807) is 11.8 Å². The molecule has 0 saturated carbocycles. The molecule has 84 valence electrons. The highest BCUT2D eigenvalue weighted by molar-refractivity contribution is 8.00. The fourth-order valence-corrected chi connectivity index (χ4v) is 1.42. The number of aliphatic hydroxyl groups is 1. The number of hydrogen-bond donors (Lipinski definition) is 2. The molecule has 0 aliphatic carbocycles. The summed E-state index contributed by atoms with van der Waals surface area (Å²) in [6.45, 7) is 4.33. The van der Waals surface area contributed by atoms with Crippen molar-refractivity contribution in [1.29, 1.82) is 0 Å². The number of aliphatic hydroxyl groups excluding tert-OH is 1. The van der Waals surface area contributed by atoms with Crippen LogP contribution in [0.4, 0.5) is 0 Å². The molecule has 2 N–H and O–H groups in total. The Hall–Kier alpha value is -0.260. The first kappa shape index (κ1) is 13.7. The molecule has 0 bridgehead atoms. The maximum atomic E-state index is 11.3. The van der Waals surface area contributed by atoms with E-state index < -0.39 is 0 Å². The number of ether oxygens (including phenoxy) is 1. The zero-order valence-electron chi connectivity index (χ0n) is 8.95. The lowest BCUT2D eigenvalue weighted by atomic mass is 10.3. The Labute approximate surface area is 89.4 Å². The zero-order chi connectivity index (χ0) is 11.0. The quantitative estimate of drug-likeness (QED) is 0.647. The molecule has 0 aromatic rings. The van der Waals surface area contributed by atoms with Gasteiger partial charge in [-0.05, 0) is 5.25 Å². The van der Waals surface area contributed by atoms with E-state index in [1.165, 1.54) is 7.11 Å². The summed E-state index contributed by atoms with van der Waals surface area (Å²) in [5.74, 6) is 0.373. The average molecular weight is 221 g/mol. The summed E-state index contributed by atoms with van der Waals surface area (Å²) in [6, 6.07) is -0.291. The topological polar surface area (TPSA) is 58.6 Å². The Morgan fingerprint density at radius 1 is 1.57 bits per heavy atom. The molecule has 0 saturated heterocycles. The van der Waals surface area contributed by atoms with Crippen molar-refractivity contribution < 1.29 is 14.6 Å². The van der Waals surface area contributed by atoms with Gasteiger partial charge >= 0.3 is 0 Å². The van der Waals surface area contributed by atoms with E-state index in [4.69, 9.17) is 9.84 Å². The van der Waals surface area contributed by atoms with Gasteiger partial charge in [0.05, 0.1) is 25.0 Å². The molecule has 1 unspecified atom stereocenters. The van der Waals surface area contributed by atoms with Gasteiger partial charge in [-0.1, -0.05) is 13.8 Å². The zero-order valence-corrected chi connectivity index (χ0v) is 9.76. The first-order valence-corrected chi connectivity index (χ1v) is 5.65. The molecule has 4 nitrogen and oxygen atoms in total. The number of hydrogen-bond acceptors (Lipinski definition) is 4. The molecule has 0 heterocycles. The van der Waals surface area contributed by atoms with E-state index >= 15 is 0 Å². The van der Waals surface area contributed by atoms with E-state index in [-0.39, 0.29) is 18.6 Å². The molecule has 5 heteroatoms. The molecule has 0 fully saturated rings. The van der Waals surface area contributed by atoms with E-state index in [2.05, 4.69) is 5.32 Å². The minimum atomic E-state index is -0.291. The van der Waals surface area contributed by atoms with E-state index in [0.717, 1.165) is 0 Å². The molecule has 1 amide bonds. The molecule has 1 atom stereocenters. The Morgan fingerprint density at radius 2 is 2.21 bits per heavy atom. The van der Waals surface area contributed by atoms with Gasteiger partial charge in [0, 0.05) is 7.11 Å². The molecule has 14 heavy (non-hydrogen) atoms. The normalized spacial score (nSPS) is 12.9. The SMILES string of the molecule is COCC(CO)NC(=O)CSC(C)C. The van der Waals surface area contributed by atoms with Crippen LogP contribution < -0.4 is 5.32 Å². The smallest absolute Gasteiger partial charge is 0.230 e. The van der Waals surface area contributed by atoms with Gasteiger partial charge in [0.15, 0.2) is 0 Å². The number of carbonyl (C=O) groups is 1. The molecule has 0 aromatic carbocycles. The van der Waals surface area contributed by atoms with Gasteiger partial charge < -0.3 is 15.2 Å². The third-order valence-corrected chi connectivity index (χ3v) is 2.60. The summed E-state index contributed by atoms with van der Waals surface area (Å²) in [6.07, 6.45) is 0. The van der Waals surface area contributed by atoms with Gasteiger partial charge in [-0.2, -0.15) is 0 Å². The lowest BCUT2D eigenvalue weighted by Crippen LogP contribution is -2.41. The number of carbonyl (C=O) groups excluding carboxylic acids is 1. The number of nitrogens with one attached hydrogen (secondary N) is 1. The van der Waals surface area contributed by atoms with E-state index in [9.17, 15) is 4.79 Å². The third kappa shape index (κ3) is 7.17. The van der Waals surface area contributed by atoms with Crippen molar-refractivity contribution in [2.24, 2.45) is 0 Å². The highest BCUT2D eigenvalue weighted by Crippen LogP contribution is 2.07. The molecule has 0 aromatic heterocycles. The molecular formula is C9H19NO3S. The lowest BCUT2D eigenvalue weighted by molar-refractivity contribution is -0.120. The van der Waals surface area contributed by atoms with Gasteiger partial charge in [-0.15, -0.1) is 11.8 Å². The highest BCUT2D eigenvalue weighted by atomic mass is 32.2. The average Bonchev–Trinajstić information content (AvgIpc) is 2.14. The molecule has 0 radical (unpaired) electrons. The van der Waals surface area contributed by atoms with Crippen LogP contribution in [-0.2, 0) is 9.53 Å². The third-order valence-electron chi connectivity index (χ3n) is 1.50. The lowest BCUT2D eigenvalue weighted by Gasteiger charge is -2.15. The van der Waals surface area contributed by atoms with Crippen LogP contribution in [0, 0.1) is 0 Å². The van der Waals surface area contributed by atoms with Crippen molar-refractivity contribution in [2.45, 2.75) is 25.1 Å². The Balaban J connectivity index is 3.67. The van der Waals surface area contributed by atoms with Crippen LogP contribution in [0.2, 0.25) is 0 Å². The van der Waals surface area contributed by atoms with Crippen LogP contribution in [0.15, 0.2) is 0 Å². The van der Waals surface area contributed by atoms with Crippen LogP contribution in [-0.4, -0.2) is 48.4 Å². The minimum Gasteiger partial charge on any atom is -0.394 e. The maximum absolute atomic E-state index is 11.3. The molecule has 0 aliphatic heterocycles. The van der Waals surface area contributed by atoms with Crippen LogP contribution in [0.1, 0.15) is 13.8 Å². The van der Waals surface area contributed by atoms with Crippen molar-refractivity contribution in [3.63, 3.8) is 0 Å². The van der Waals surface area contributed by atoms with Gasteiger partial charge in [0.25, 0.3) is 0 Å². The summed E-state index contributed by atoms with van der Waals surface area (Å²) < 4.78 is 4.84. The van der Waals surface area contributed by atoms with Crippen molar-refractivity contribution in [2.75, 3.05) is 26.1 Å². The Kier molecular flexibility index (Phi) is 7.93. The second-order valence-electron chi connectivity index (χ2n) is 3.26. The number of thioether (sulfide) groups is 1. The highest BCUT2D eigenvalue weighted by Gasteiger charge is 2.11. The molecule has 0 rings (SSSR count). The number of amides is 1. The predicted molar refractivity (Wildman–Crippen MR) is 58.5 cm³/mol. The van der Waals surface area contributed by atoms with Gasteiger partial charge in [-0.25, -0.2) is 0 Å². The molecule has 0 spiro atoms. The summed E-state index contributed by atoms with van der Waals surface area (Å²) in [4.78, 5) is 11.3. The summed E-state index contributed by atoms with van der Waals surface area (Å²) >= 11 is 1.58. The summed E-state index contributed by atoms with van der Waals surface area (Å²) in [7, 11) is 1.54. The van der Waals surface area contributed by atoms with Crippen LogP contribution in [0.5, 0.6) is 0 Å². The van der Waals surface area contributed by atoms with Crippen molar-refractivity contribution in [3.8, 4) is 0 Å². The summed E-state index contributed by atoms with van der Waals surface area (Å²) in [5, 5.41) is 12.0. The van der Waals surface area contributed by atoms with Gasteiger partial charge in [-0.3, -0.25) is 4.79 Å². The summed E-state index contributed by atoms with van der Waals surface area (Å²) in [5.41, 5.74) is 0. The second-order valence-corrected chi connectivity index (χ2v) is 4.83. The number of methoxy groups -OCH3 is 1. The first-order valence-electron chi connectivity index (χ1n) is 4.61. The fourth-order valence-electron chi connectivity index (χ4n) is 0.853. The maximum Gasteiger partial charge on any atom is 0.230 e. The Morgan fingerprint density at radius 3 is 2.64 bits per heavy atom. The monoisotopic (exact) mass is 221 g/mol. The van der Waals surface area contributed by atoms with E-state index in [1.807, 2.05) is 13.8 Å². The van der Waals surface area contributed by atoms with Crippen LogP contribution in [0.25, 0.3) is 0 Å². The van der Waals surface area contributed by atoms with Crippen molar-refractivity contribution in [3.05, 3.63) is 0 Å². The van der Waals surface area contributed by atoms with Crippen molar-refractivity contribution >= 4 is 17.7 Å². The van der Waals surface area contributed by atoms with E-state index in [0.29, 0.717) is 17.6 Å². The predicted octanol–water partition coefficient (Wildman–Crippen LogP) is 0.251.